The Morgan fingerprint density at radius 2 is 2.46 bits per heavy atom. The maximum Gasteiger partial charge on any atom is 0.219 e. The average Bonchev–Trinajstić information content (AvgIpc) is 2.56. The van der Waals surface area contributed by atoms with Gasteiger partial charge in [0.15, 0.2) is 0 Å². The molecule has 0 aromatic carbocycles. The summed E-state index contributed by atoms with van der Waals surface area (Å²) in [5, 5.41) is 2.89. The van der Waals surface area contributed by atoms with E-state index in [4.69, 9.17) is 4.42 Å². The van der Waals surface area contributed by atoms with Crippen LogP contribution in [0.5, 0.6) is 0 Å². The van der Waals surface area contributed by atoms with Crippen LogP contribution in [0.4, 0.5) is 0 Å². The van der Waals surface area contributed by atoms with Crippen LogP contribution >= 0.6 is 0 Å². The summed E-state index contributed by atoms with van der Waals surface area (Å²) in [4.78, 5) is 11.0. The monoisotopic (exact) mass is 181 g/mol. The highest BCUT2D eigenvalue weighted by molar-refractivity contribution is 5.75. The van der Waals surface area contributed by atoms with Gasteiger partial charge in [-0.15, -0.1) is 0 Å². The maximum absolute atomic E-state index is 11.0. The van der Waals surface area contributed by atoms with Crippen molar-refractivity contribution in [3.05, 3.63) is 24.2 Å². The Bertz CT molecular complexity index is 254. The lowest BCUT2D eigenvalue weighted by Crippen LogP contribution is -2.33. The minimum atomic E-state index is 0.0935. The van der Waals surface area contributed by atoms with Crippen molar-refractivity contribution in [2.24, 2.45) is 0 Å². The minimum Gasteiger partial charge on any atom is -0.472 e. The third-order valence-electron chi connectivity index (χ3n) is 1.85. The lowest BCUT2D eigenvalue weighted by Gasteiger charge is -2.11. The normalized spacial score (nSPS) is 12.5. The molecule has 0 fully saturated rings. The number of carbonyl (C=O) groups excluding carboxylic acids is 1. The molecule has 0 aliphatic heterocycles. The summed E-state index contributed by atoms with van der Waals surface area (Å²) in [5.41, 5.74) is 1.11. The first-order valence-electron chi connectivity index (χ1n) is 4.52. The van der Waals surface area contributed by atoms with Crippen LogP contribution in [-0.4, -0.2) is 11.9 Å². The first kappa shape index (κ1) is 9.84. The number of carbonyl (C=O) groups is 1. The molecule has 0 aliphatic rings. The minimum absolute atomic E-state index is 0.0935. The van der Waals surface area contributed by atoms with Gasteiger partial charge in [0, 0.05) is 12.5 Å². The molecule has 0 saturated carbocycles. The van der Waals surface area contributed by atoms with Crippen molar-refractivity contribution >= 4 is 5.91 Å². The van der Waals surface area contributed by atoms with Crippen molar-refractivity contribution in [1.29, 1.82) is 0 Å². The molecule has 1 amide bonds. The molecule has 0 bridgehead atoms. The van der Waals surface area contributed by atoms with E-state index in [0.717, 1.165) is 12.0 Å². The van der Waals surface area contributed by atoms with Crippen molar-refractivity contribution in [2.45, 2.75) is 32.7 Å². The van der Waals surface area contributed by atoms with Crippen LogP contribution in [0.2, 0.25) is 0 Å². The number of nitrogens with one attached hydrogen (secondary N) is 1. The number of hydrogen-bond acceptors (Lipinski definition) is 2. The van der Waals surface area contributed by atoms with Gasteiger partial charge in [-0.1, -0.05) is 6.92 Å². The molecule has 1 N–H and O–H groups in total. The quantitative estimate of drug-likeness (QED) is 0.768. The second-order valence-electron chi connectivity index (χ2n) is 3.16. The van der Waals surface area contributed by atoms with E-state index in [1.54, 1.807) is 12.5 Å². The Hall–Kier alpha value is -1.25. The molecule has 72 valence electrons. The molecule has 1 heterocycles. The number of amides is 1. The molecule has 0 saturated heterocycles. The highest BCUT2D eigenvalue weighted by atomic mass is 16.3. The Morgan fingerprint density at radius 3 is 3.00 bits per heavy atom. The number of rotatable bonds is 4. The van der Waals surface area contributed by atoms with Gasteiger partial charge in [0.2, 0.25) is 5.91 Å². The predicted octanol–water partition coefficient (Wildman–Crippen LogP) is 1.74. The van der Waals surface area contributed by atoms with Crippen LogP contribution < -0.4 is 5.32 Å². The van der Waals surface area contributed by atoms with E-state index in [-0.39, 0.29) is 11.9 Å². The fourth-order valence-corrected chi connectivity index (χ4v) is 1.19. The molecule has 3 nitrogen and oxygen atoms in total. The van der Waals surface area contributed by atoms with E-state index < -0.39 is 0 Å². The summed E-state index contributed by atoms with van der Waals surface area (Å²) < 4.78 is 4.93. The highest BCUT2D eigenvalue weighted by Gasteiger charge is 2.06. The zero-order chi connectivity index (χ0) is 9.68. The molecule has 1 atom stereocenters. The summed E-state index contributed by atoms with van der Waals surface area (Å²) in [6, 6.07) is 2.08. The third-order valence-corrected chi connectivity index (χ3v) is 1.85. The maximum atomic E-state index is 11.0. The third kappa shape index (κ3) is 3.32. The second-order valence-corrected chi connectivity index (χ2v) is 3.16. The van der Waals surface area contributed by atoms with Gasteiger partial charge in [-0.25, -0.2) is 0 Å². The van der Waals surface area contributed by atoms with E-state index in [1.807, 2.05) is 19.9 Å². The van der Waals surface area contributed by atoms with Crippen LogP contribution in [0, 0.1) is 0 Å². The van der Waals surface area contributed by atoms with Gasteiger partial charge < -0.3 is 9.73 Å². The number of hydrogen-bond donors (Lipinski definition) is 1. The van der Waals surface area contributed by atoms with E-state index in [2.05, 4.69) is 5.32 Å². The zero-order valence-electron chi connectivity index (χ0n) is 8.04. The van der Waals surface area contributed by atoms with E-state index in [9.17, 15) is 4.79 Å². The Kier molecular flexibility index (Phi) is 3.55. The van der Waals surface area contributed by atoms with E-state index >= 15 is 0 Å². The largest absolute Gasteiger partial charge is 0.472 e. The van der Waals surface area contributed by atoms with Crippen LogP contribution in [0.25, 0.3) is 0 Å². The first-order valence-corrected chi connectivity index (χ1v) is 4.52. The molecule has 0 aliphatic carbocycles. The molecule has 0 spiro atoms. The predicted molar refractivity (Wildman–Crippen MR) is 50.3 cm³/mol. The lowest BCUT2D eigenvalue weighted by atomic mass is 10.1. The smallest absolute Gasteiger partial charge is 0.219 e. The first-order chi connectivity index (χ1) is 6.22. The van der Waals surface area contributed by atoms with Crippen molar-refractivity contribution < 1.29 is 9.21 Å². The summed E-state index contributed by atoms with van der Waals surface area (Å²) in [6.45, 7) is 3.83. The van der Waals surface area contributed by atoms with Gasteiger partial charge in [-0.3, -0.25) is 4.79 Å². The molecular formula is C10H15NO2. The molecule has 1 rings (SSSR count). The standard InChI is InChI=1S/C10H15NO2/c1-3-10(12)11-8(2)6-9-4-5-13-7-9/h4-5,7-8H,3,6H2,1-2H3,(H,11,12). The summed E-state index contributed by atoms with van der Waals surface area (Å²) in [5.74, 6) is 0.0935. The molecule has 3 heteroatoms. The topological polar surface area (TPSA) is 42.2 Å². The summed E-state index contributed by atoms with van der Waals surface area (Å²) >= 11 is 0. The lowest BCUT2D eigenvalue weighted by molar-refractivity contribution is -0.121. The van der Waals surface area contributed by atoms with Crippen LogP contribution in [0.15, 0.2) is 23.0 Å². The molecule has 1 aromatic heterocycles. The molecular weight excluding hydrogens is 166 g/mol. The summed E-state index contributed by atoms with van der Waals surface area (Å²) in [7, 11) is 0. The Balaban J connectivity index is 2.33. The van der Waals surface area contributed by atoms with Gasteiger partial charge >= 0.3 is 0 Å². The van der Waals surface area contributed by atoms with Crippen molar-refractivity contribution in [3.8, 4) is 0 Å². The average molecular weight is 181 g/mol. The molecule has 13 heavy (non-hydrogen) atoms. The zero-order valence-corrected chi connectivity index (χ0v) is 8.04. The summed E-state index contributed by atoms with van der Waals surface area (Å²) in [6.07, 6.45) is 4.70. The fourth-order valence-electron chi connectivity index (χ4n) is 1.19. The Morgan fingerprint density at radius 1 is 1.69 bits per heavy atom. The van der Waals surface area contributed by atoms with Crippen molar-refractivity contribution in [3.63, 3.8) is 0 Å². The molecule has 1 unspecified atom stereocenters. The second kappa shape index (κ2) is 4.70. The van der Waals surface area contributed by atoms with Crippen LogP contribution in [-0.2, 0) is 11.2 Å². The fraction of sp³-hybridized carbons (Fsp3) is 0.500. The van der Waals surface area contributed by atoms with Crippen molar-refractivity contribution in [2.75, 3.05) is 0 Å². The van der Waals surface area contributed by atoms with Gasteiger partial charge in [0.25, 0.3) is 0 Å². The SMILES string of the molecule is CCC(=O)NC(C)Cc1ccoc1. The molecule has 1 aromatic rings. The van der Waals surface area contributed by atoms with Gasteiger partial charge in [0.05, 0.1) is 12.5 Å². The van der Waals surface area contributed by atoms with Crippen molar-refractivity contribution in [1.82, 2.24) is 5.32 Å². The van der Waals surface area contributed by atoms with E-state index in [0.29, 0.717) is 6.42 Å². The highest BCUT2D eigenvalue weighted by Crippen LogP contribution is 2.03. The van der Waals surface area contributed by atoms with Gasteiger partial charge in [-0.05, 0) is 25.0 Å². The van der Waals surface area contributed by atoms with Gasteiger partial charge in [0.1, 0.15) is 0 Å². The number of furan rings is 1. The van der Waals surface area contributed by atoms with Crippen LogP contribution in [0.1, 0.15) is 25.8 Å². The van der Waals surface area contributed by atoms with Crippen LogP contribution in [0.3, 0.4) is 0 Å². The molecule has 0 radical (unpaired) electrons. The Labute approximate surface area is 78.1 Å². The van der Waals surface area contributed by atoms with Gasteiger partial charge in [-0.2, -0.15) is 0 Å². The van der Waals surface area contributed by atoms with E-state index in [1.165, 1.54) is 0 Å².